The van der Waals surface area contributed by atoms with Gasteiger partial charge in [0.05, 0.1) is 6.10 Å². The van der Waals surface area contributed by atoms with Gasteiger partial charge in [0.15, 0.2) is 0 Å². The molecule has 3 N–H and O–H groups in total. The Balaban J connectivity index is 2.27. The molecule has 2 fully saturated rings. The van der Waals surface area contributed by atoms with Crippen molar-refractivity contribution in [1.29, 1.82) is 0 Å². The summed E-state index contributed by atoms with van der Waals surface area (Å²) in [5, 5.41) is 17.2. The van der Waals surface area contributed by atoms with Crippen molar-refractivity contribution in [3.8, 4) is 0 Å². The molecule has 2 heterocycles. The fourth-order valence-corrected chi connectivity index (χ4v) is 2.89. The van der Waals surface area contributed by atoms with Crippen molar-refractivity contribution in [2.75, 3.05) is 26.2 Å². The summed E-state index contributed by atoms with van der Waals surface area (Å²) < 4.78 is 0. The summed E-state index contributed by atoms with van der Waals surface area (Å²) >= 11 is 0. The first-order chi connectivity index (χ1) is 6.13. The van der Waals surface area contributed by atoms with E-state index >= 15 is 0 Å². The van der Waals surface area contributed by atoms with E-state index in [1.165, 1.54) is 0 Å². The monoisotopic (exact) mass is 184 g/mol. The van der Waals surface area contributed by atoms with Gasteiger partial charge in [-0.05, 0) is 6.42 Å². The number of aliphatic hydroxyl groups excluding tert-OH is 1. The van der Waals surface area contributed by atoms with Crippen molar-refractivity contribution in [3.05, 3.63) is 0 Å². The van der Waals surface area contributed by atoms with E-state index in [0.717, 1.165) is 32.6 Å². The van der Waals surface area contributed by atoms with E-state index in [-0.39, 0.29) is 16.9 Å². The zero-order valence-corrected chi connectivity index (χ0v) is 8.56. The van der Waals surface area contributed by atoms with Crippen LogP contribution in [0.4, 0.5) is 0 Å². The Morgan fingerprint density at radius 3 is 2.15 bits per heavy atom. The number of fused-ring (bicyclic) bond motifs is 2. The lowest BCUT2D eigenvalue weighted by atomic mass is 9.62. The number of aliphatic hydroxyl groups is 1. The van der Waals surface area contributed by atoms with Gasteiger partial charge in [-0.2, -0.15) is 0 Å². The molecule has 0 aromatic heterocycles. The van der Waals surface area contributed by atoms with Crippen LogP contribution in [0.2, 0.25) is 0 Å². The van der Waals surface area contributed by atoms with E-state index in [0.29, 0.717) is 0 Å². The third-order valence-electron chi connectivity index (χ3n) is 3.96. The van der Waals surface area contributed by atoms with Gasteiger partial charge in [0.2, 0.25) is 0 Å². The molecule has 2 aliphatic heterocycles. The van der Waals surface area contributed by atoms with Crippen LogP contribution in [0.5, 0.6) is 0 Å². The van der Waals surface area contributed by atoms with Gasteiger partial charge < -0.3 is 15.7 Å². The van der Waals surface area contributed by atoms with Gasteiger partial charge in [0.1, 0.15) is 0 Å². The average molecular weight is 184 g/mol. The Labute approximate surface area is 79.9 Å². The maximum atomic E-state index is 10.3. The number of rotatable bonds is 1. The molecule has 3 heteroatoms. The predicted octanol–water partition coefficient (Wildman–Crippen LogP) is -0.0436. The molecule has 0 aromatic rings. The van der Waals surface area contributed by atoms with Gasteiger partial charge >= 0.3 is 0 Å². The van der Waals surface area contributed by atoms with E-state index in [1.807, 2.05) is 0 Å². The van der Waals surface area contributed by atoms with E-state index < -0.39 is 0 Å². The standard InChI is InChI=1S/C10H20N2O/c1-3-10-6-11-4-9(2,8(10)13)5-12-7-10/h8,11-13H,3-7H2,1-2H3. The summed E-state index contributed by atoms with van der Waals surface area (Å²) in [6, 6.07) is 0. The van der Waals surface area contributed by atoms with Crippen LogP contribution >= 0.6 is 0 Å². The smallest absolute Gasteiger partial charge is 0.0698 e. The summed E-state index contributed by atoms with van der Waals surface area (Å²) in [6.45, 7) is 8.11. The average Bonchev–Trinajstić information content (AvgIpc) is 2.09. The second-order valence-corrected chi connectivity index (χ2v) is 4.98. The van der Waals surface area contributed by atoms with Gasteiger partial charge in [-0.3, -0.25) is 0 Å². The summed E-state index contributed by atoms with van der Waals surface area (Å²) in [4.78, 5) is 0. The van der Waals surface area contributed by atoms with Crippen molar-refractivity contribution >= 4 is 0 Å². The first-order valence-corrected chi connectivity index (χ1v) is 5.22. The third kappa shape index (κ3) is 1.22. The number of hydrogen-bond acceptors (Lipinski definition) is 3. The van der Waals surface area contributed by atoms with Crippen molar-refractivity contribution < 1.29 is 5.11 Å². The minimum absolute atomic E-state index is 0.0342. The second-order valence-electron chi connectivity index (χ2n) is 4.98. The molecular weight excluding hydrogens is 164 g/mol. The Kier molecular flexibility index (Phi) is 2.13. The molecule has 2 rings (SSSR count). The second kappa shape index (κ2) is 2.94. The molecule has 1 atom stereocenters. The molecule has 3 nitrogen and oxygen atoms in total. The first kappa shape index (κ1) is 9.44. The molecule has 0 radical (unpaired) electrons. The molecule has 2 saturated heterocycles. The van der Waals surface area contributed by atoms with Crippen molar-refractivity contribution in [2.24, 2.45) is 10.8 Å². The highest BCUT2D eigenvalue weighted by molar-refractivity contribution is 5.07. The summed E-state index contributed by atoms with van der Waals surface area (Å²) in [6.07, 6.45) is 0.900. The van der Waals surface area contributed by atoms with Gasteiger partial charge in [0, 0.05) is 37.0 Å². The Hall–Kier alpha value is -0.120. The zero-order chi connectivity index (χ0) is 9.53. The van der Waals surface area contributed by atoms with E-state index in [1.54, 1.807) is 0 Å². The quantitative estimate of drug-likeness (QED) is 0.535. The molecule has 0 aliphatic carbocycles. The van der Waals surface area contributed by atoms with Gasteiger partial charge in [-0.25, -0.2) is 0 Å². The van der Waals surface area contributed by atoms with Gasteiger partial charge in [-0.15, -0.1) is 0 Å². The molecule has 0 saturated carbocycles. The largest absolute Gasteiger partial charge is 0.392 e. The third-order valence-corrected chi connectivity index (χ3v) is 3.96. The molecule has 2 bridgehead atoms. The molecule has 76 valence electrons. The Morgan fingerprint density at radius 2 is 1.77 bits per heavy atom. The maximum Gasteiger partial charge on any atom is 0.0698 e. The highest BCUT2D eigenvalue weighted by Crippen LogP contribution is 2.41. The van der Waals surface area contributed by atoms with Crippen molar-refractivity contribution in [3.63, 3.8) is 0 Å². The van der Waals surface area contributed by atoms with Crippen LogP contribution in [0.3, 0.4) is 0 Å². The highest BCUT2D eigenvalue weighted by atomic mass is 16.3. The van der Waals surface area contributed by atoms with Crippen LogP contribution in [0, 0.1) is 10.8 Å². The van der Waals surface area contributed by atoms with Crippen molar-refractivity contribution in [1.82, 2.24) is 10.6 Å². The molecular formula is C10H20N2O. The van der Waals surface area contributed by atoms with Crippen LogP contribution in [0.15, 0.2) is 0 Å². The SMILES string of the molecule is CCC12CNCC(C)(CNC1)C2O. The minimum atomic E-state index is -0.146. The topological polar surface area (TPSA) is 44.3 Å². The normalized spacial score (nSPS) is 50.5. The summed E-state index contributed by atoms with van der Waals surface area (Å²) in [7, 11) is 0. The number of hydrogen-bond donors (Lipinski definition) is 3. The molecule has 2 aliphatic rings. The van der Waals surface area contributed by atoms with Crippen LogP contribution in [0.25, 0.3) is 0 Å². The van der Waals surface area contributed by atoms with E-state index in [4.69, 9.17) is 0 Å². The summed E-state index contributed by atoms with van der Waals surface area (Å²) in [5.41, 5.74) is 0.109. The molecule has 0 amide bonds. The van der Waals surface area contributed by atoms with Gasteiger partial charge in [-0.1, -0.05) is 13.8 Å². The lowest BCUT2D eigenvalue weighted by Crippen LogP contribution is -2.69. The van der Waals surface area contributed by atoms with E-state index in [2.05, 4.69) is 24.5 Å². The predicted molar refractivity (Wildman–Crippen MR) is 52.6 cm³/mol. The molecule has 0 aromatic carbocycles. The zero-order valence-electron chi connectivity index (χ0n) is 8.56. The molecule has 13 heavy (non-hydrogen) atoms. The lowest BCUT2D eigenvalue weighted by Gasteiger charge is -2.55. The highest BCUT2D eigenvalue weighted by Gasteiger charge is 2.52. The minimum Gasteiger partial charge on any atom is -0.392 e. The van der Waals surface area contributed by atoms with Crippen molar-refractivity contribution in [2.45, 2.75) is 26.4 Å². The number of nitrogens with one attached hydrogen (secondary N) is 2. The lowest BCUT2D eigenvalue weighted by molar-refractivity contribution is -0.112. The first-order valence-electron chi connectivity index (χ1n) is 5.22. The van der Waals surface area contributed by atoms with Crippen LogP contribution in [-0.2, 0) is 0 Å². The maximum absolute atomic E-state index is 10.3. The Morgan fingerprint density at radius 1 is 1.23 bits per heavy atom. The Bertz CT molecular complexity index is 195. The van der Waals surface area contributed by atoms with E-state index in [9.17, 15) is 5.11 Å². The van der Waals surface area contributed by atoms with Crippen LogP contribution in [-0.4, -0.2) is 37.4 Å². The van der Waals surface area contributed by atoms with Gasteiger partial charge in [0.25, 0.3) is 0 Å². The number of piperidine rings is 2. The molecule has 1 unspecified atom stereocenters. The fraction of sp³-hybridized carbons (Fsp3) is 1.00. The fourth-order valence-electron chi connectivity index (χ4n) is 2.89. The summed E-state index contributed by atoms with van der Waals surface area (Å²) in [5.74, 6) is 0. The van der Waals surface area contributed by atoms with Crippen LogP contribution in [0.1, 0.15) is 20.3 Å². The van der Waals surface area contributed by atoms with Crippen LogP contribution < -0.4 is 10.6 Å². The molecule has 0 spiro atoms.